The molecule has 0 radical (unpaired) electrons. The fourth-order valence-electron chi connectivity index (χ4n) is 3.24. The fraction of sp³-hybridized carbons (Fsp3) is 0.812. The van der Waals surface area contributed by atoms with Gasteiger partial charge in [-0.15, -0.1) is 0 Å². The van der Waals surface area contributed by atoms with Crippen molar-refractivity contribution in [1.29, 1.82) is 0 Å². The Morgan fingerprint density at radius 2 is 2.00 bits per heavy atom. The molecule has 1 atom stereocenters. The first-order valence-electron chi connectivity index (χ1n) is 8.10. The van der Waals surface area contributed by atoms with E-state index in [0.717, 1.165) is 19.5 Å². The highest BCUT2D eigenvalue weighted by Gasteiger charge is 2.37. The van der Waals surface area contributed by atoms with Crippen LogP contribution in [0.4, 0.5) is 0 Å². The van der Waals surface area contributed by atoms with Crippen molar-refractivity contribution in [1.82, 2.24) is 20.0 Å². The predicted molar refractivity (Wildman–Crippen MR) is 83.8 cm³/mol. The molecular weight excluding hydrogens is 248 g/mol. The Bertz CT molecular complexity index is 404. The molecule has 1 N–H and O–H groups in total. The second kappa shape index (κ2) is 6.72. The number of likely N-dealkylation sites (tertiary alicyclic amines) is 1. The molecule has 1 unspecified atom stereocenters. The van der Waals surface area contributed by atoms with Gasteiger partial charge in [0.1, 0.15) is 0 Å². The van der Waals surface area contributed by atoms with E-state index in [1.165, 1.54) is 31.5 Å². The van der Waals surface area contributed by atoms with Gasteiger partial charge in [-0.2, -0.15) is 5.10 Å². The number of nitrogens with zero attached hydrogens (tertiary/aromatic N) is 3. The van der Waals surface area contributed by atoms with Gasteiger partial charge in [-0.05, 0) is 59.7 Å². The van der Waals surface area contributed by atoms with Crippen molar-refractivity contribution in [3.63, 3.8) is 0 Å². The average Bonchev–Trinajstić information content (AvgIpc) is 3.10. The summed E-state index contributed by atoms with van der Waals surface area (Å²) in [7, 11) is 0. The van der Waals surface area contributed by atoms with E-state index in [4.69, 9.17) is 0 Å². The van der Waals surface area contributed by atoms with Crippen LogP contribution in [0.5, 0.6) is 0 Å². The first kappa shape index (κ1) is 15.5. The van der Waals surface area contributed by atoms with Crippen LogP contribution in [0.3, 0.4) is 0 Å². The molecule has 20 heavy (non-hydrogen) atoms. The Hall–Kier alpha value is -0.870. The van der Waals surface area contributed by atoms with E-state index in [1.54, 1.807) is 0 Å². The van der Waals surface area contributed by atoms with Gasteiger partial charge in [0.05, 0.1) is 12.2 Å². The van der Waals surface area contributed by atoms with Gasteiger partial charge in [0.2, 0.25) is 0 Å². The minimum atomic E-state index is 0.132. The zero-order chi connectivity index (χ0) is 14.6. The molecule has 1 aromatic rings. The van der Waals surface area contributed by atoms with Gasteiger partial charge in [-0.3, -0.25) is 9.58 Å². The standard InChI is InChI=1S/C16H30N4/c1-5-9-17-15(14-12-18-20(6-2)13-14)16(3,4)19-10-7-8-11-19/h12-13,15,17H,5-11H2,1-4H3. The Morgan fingerprint density at radius 3 is 2.55 bits per heavy atom. The summed E-state index contributed by atoms with van der Waals surface area (Å²) < 4.78 is 2.02. The third-order valence-electron chi connectivity index (χ3n) is 4.54. The number of hydrogen-bond donors (Lipinski definition) is 1. The summed E-state index contributed by atoms with van der Waals surface area (Å²) in [4.78, 5) is 2.63. The van der Waals surface area contributed by atoms with Gasteiger partial charge in [0, 0.05) is 23.8 Å². The summed E-state index contributed by atoms with van der Waals surface area (Å²) in [6, 6.07) is 0.348. The first-order chi connectivity index (χ1) is 9.59. The van der Waals surface area contributed by atoms with Gasteiger partial charge in [0.15, 0.2) is 0 Å². The molecule has 1 aliphatic rings. The normalized spacial score (nSPS) is 18.6. The molecule has 1 fully saturated rings. The third kappa shape index (κ3) is 3.23. The number of rotatable bonds is 7. The van der Waals surface area contributed by atoms with Gasteiger partial charge in [0.25, 0.3) is 0 Å². The minimum absolute atomic E-state index is 0.132. The fourth-order valence-corrected chi connectivity index (χ4v) is 3.24. The van der Waals surface area contributed by atoms with Gasteiger partial charge in [-0.25, -0.2) is 0 Å². The minimum Gasteiger partial charge on any atom is -0.308 e. The average molecular weight is 278 g/mol. The Labute approximate surface area is 123 Å². The van der Waals surface area contributed by atoms with Crippen molar-refractivity contribution in [2.75, 3.05) is 19.6 Å². The molecule has 1 aromatic heterocycles. The molecule has 0 bridgehead atoms. The Kier molecular flexibility index (Phi) is 5.22. The van der Waals surface area contributed by atoms with Crippen molar-refractivity contribution in [2.24, 2.45) is 0 Å². The van der Waals surface area contributed by atoms with Crippen LogP contribution in [0.1, 0.15) is 58.6 Å². The highest BCUT2D eigenvalue weighted by molar-refractivity contribution is 5.17. The molecule has 1 aliphatic heterocycles. The Morgan fingerprint density at radius 1 is 1.30 bits per heavy atom. The number of nitrogens with one attached hydrogen (secondary N) is 1. The molecule has 2 heterocycles. The lowest BCUT2D eigenvalue weighted by atomic mass is 9.88. The second-order valence-corrected chi connectivity index (χ2v) is 6.36. The summed E-state index contributed by atoms with van der Waals surface area (Å²) >= 11 is 0. The van der Waals surface area contributed by atoms with Crippen LogP contribution in [0.15, 0.2) is 12.4 Å². The van der Waals surface area contributed by atoms with E-state index in [9.17, 15) is 0 Å². The summed E-state index contributed by atoms with van der Waals surface area (Å²) in [5, 5.41) is 8.21. The SMILES string of the molecule is CCCNC(c1cnn(CC)c1)C(C)(C)N1CCCC1. The number of aromatic nitrogens is 2. The smallest absolute Gasteiger partial charge is 0.0538 e. The number of hydrogen-bond acceptors (Lipinski definition) is 3. The quantitative estimate of drug-likeness (QED) is 0.832. The molecular formula is C16H30N4. The van der Waals surface area contributed by atoms with Crippen molar-refractivity contribution in [3.8, 4) is 0 Å². The molecule has 4 heteroatoms. The summed E-state index contributed by atoms with van der Waals surface area (Å²) in [5.41, 5.74) is 1.45. The molecule has 0 saturated carbocycles. The molecule has 114 valence electrons. The summed E-state index contributed by atoms with van der Waals surface area (Å²) in [6.45, 7) is 13.5. The molecule has 4 nitrogen and oxygen atoms in total. The maximum atomic E-state index is 4.46. The molecule has 1 saturated heterocycles. The topological polar surface area (TPSA) is 33.1 Å². The summed E-state index contributed by atoms with van der Waals surface area (Å²) in [5.74, 6) is 0. The van der Waals surface area contributed by atoms with Gasteiger partial charge >= 0.3 is 0 Å². The van der Waals surface area contributed by atoms with E-state index in [0.29, 0.717) is 6.04 Å². The molecule has 2 rings (SSSR count). The van der Waals surface area contributed by atoms with Crippen LogP contribution in [-0.2, 0) is 6.54 Å². The third-order valence-corrected chi connectivity index (χ3v) is 4.54. The second-order valence-electron chi connectivity index (χ2n) is 6.36. The van der Waals surface area contributed by atoms with Crippen molar-refractivity contribution in [3.05, 3.63) is 18.0 Å². The highest BCUT2D eigenvalue weighted by Crippen LogP contribution is 2.33. The summed E-state index contributed by atoms with van der Waals surface area (Å²) in [6.07, 6.45) is 8.06. The lowest BCUT2D eigenvalue weighted by Crippen LogP contribution is -2.51. The van der Waals surface area contributed by atoms with Gasteiger partial charge in [-0.1, -0.05) is 6.92 Å². The van der Waals surface area contributed by atoms with Crippen LogP contribution in [0.2, 0.25) is 0 Å². The Balaban J connectivity index is 2.21. The zero-order valence-electron chi connectivity index (χ0n) is 13.5. The molecule has 0 amide bonds. The molecule has 0 aromatic carbocycles. The predicted octanol–water partition coefficient (Wildman–Crippen LogP) is 2.82. The van der Waals surface area contributed by atoms with Crippen molar-refractivity contribution >= 4 is 0 Å². The van der Waals surface area contributed by atoms with Crippen molar-refractivity contribution < 1.29 is 0 Å². The maximum absolute atomic E-state index is 4.46. The van der Waals surface area contributed by atoms with Crippen LogP contribution in [-0.4, -0.2) is 39.9 Å². The highest BCUT2D eigenvalue weighted by atomic mass is 15.3. The van der Waals surface area contributed by atoms with E-state index in [1.807, 2.05) is 10.9 Å². The van der Waals surface area contributed by atoms with E-state index in [2.05, 4.69) is 49.2 Å². The largest absolute Gasteiger partial charge is 0.308 e. The van der Waals surface area contributed by atoms with E-state index >= 15 is 0 Å². The molecule has 0 aliphatic carbocycles. The maximum Gasteiger partial charge on any atom is 0.0538 e. The van der Waals surface area contributed by atoms with E-state index in [-0.39, 0.29) is 5.54 Å². The monoisotopic (exact) mass is 278 g/mol. The lowest BCUT2D eigenvalue weighted by molar-refractivity contribution is 0.107. The van der Waals surface area contributed by atoms with Crippen LogP contribution >= 0.6 is 0 Å². The molecule has 0 spiro atoms. The van der Waals surface area contributed by atoms with Gasteiger partial charge < -0.3 is 5.32 Å². The van der Waals surface area contributed by atoms with Crippen LogP contribution in [0, 0.1) is 0 Å². The number of aryl methyl sites for hydroxylation is 1. The van der Waals surface area contributed by atoms with Crippen LogP contribution in [0.25, 0.3) is 0 Å². The van der Waals surface area contributed by atoms with E-state index < -0.39 is 0 Å². The zero-order valence-corrected chi connectivity index (χ0v) is 13.5. The van der Waals surface area contributed by atoms with Crippen LogP contribution < -0.4 is 5.32 Å². The first-order valence-corrected chi connectivity index (χ1v) is 8.10. The lowest BCUT2D eigenvalue weighted by Gasteiger charge is -2.42. The van der Waals surface area contributed by atoms with Crippen molar-refractivity contribution in [2.45, 2.75) is 65.1 Å².